The third-order valence-corrected chi connectivity index (χ3v) is 5.78. The minimum atomic E-state index is 0.388. The molecular formula is C19H20ClN3OS. The molecule has 130 valence electrons. The topological polar surface area (TPSA) is 42.2 Å². The van der Waals surface area contributed by atoms with Crippen molar-refractivity contribution in [1.82, 2.24) is 14.9 Å². The summed E-state index contributed by atoms with van der Waals surface area (Å²) < 4.78 is 5.91. The maximum atomic E-state index is 6.09. The molecule has 0 aliphatic carbocycles. The molecule has 3 aromatic rings. The highest BCUT2D eigenvalue weighted by Gasteiger charge is 2.27. The van der Waals surface area contributed by atoms with Crippen LogP contribution in [0.3, 0.4) is 0 Å². The van der Waals surface area contributed by atoms with Crippen molar-refractivity contribution in [2.24, 2.45) is 0 Å². The van der Waals surface area contributed by atoms with Gasteiger partial charge in [0.2, 0.25) is 5.89 Å². The Hall–Kier alpha value is -1.69. The van der Waals surface area contributed by atoms with Gasteiger partial charge in [0.25, 0.3) is 0 Å². The van der Waals surface area contributed by atoms with E-state index in [1.54, 1.807) is 11.3 Å². The highest BCUT2D eigenvalue weighted by atomic mass is 35.5. The molecule has 0 spiro atoms. The zero-order valence-corrected chi connectivity index (χ0v) is 15.7. The van der Waals surface area contributed by atoms with E-state index in [1.807, 2.05) is 37.4 Å². The summed E-state index contributed by atoms with van der Waals surface area (Å²) in [5.74, 6) is 1.51. The van der Waals surface area contributed by atoms with Gasteiger partial charge in [0.1, 0.15) is 10.8 Å². The molecule has 0 saturated carbocycles. The molecule has 6 heteroatoms. The molecular weight excluding hydrogens is 354 g/mol. The fourth-order valence-electron chi connectivity index (χ4n) is 3.37. The van der Waals surface area contributed by atoms with Crippen molar-refractivity contribution in [2.75, 3.05) is 6.54 Å². The second-order valence-electron chi connectivity index (χ2n) is 6.38. The highest BCUT2D eigenvalue weighted by Crippen LogP contribution is 2.34. The Morgan fingerprint density at radius 3 is 3.08 bits per heavy atom. The average molecular weight is 374 g/mol. The number of hydrogen-bond donors (Lipinski definition) is 0. The maximum Gasteiger partial charge on any atom is 0.226 e. The van der Waals surface area contributed by atoms with Gasteiger partial charge in [-0.3, -0.25) is 4.90 Å². The number of nitrogens with zero attached hydrogens (tertiary/aromatic N) is 3. The third-order valence-electron chi connectivity index (χ3n) is 4.67. The fourth-order valence-corrected chi connectivity index (χ4v) is 4.37. The number of rotatable bonds is 4. The van der Waals surface area contributed by atoms with Crippen molar-refractivity contribution in [3.63, 3.8) is 0 Å². The normalized spacial score (nSPS) is 18.6. The molecule has 1 fully saturated rings. The first kappa shape index (κ1) is 16.8. The Morgan fingerprint density at radius 2 is 2.28 bits per heavy atom. The predicted octanol–water partition coefficient (Wildman–Crippen LogP) is 5.49. The molecule has 4 rings (SSSR count). The molecule has 0 unspecified atom stereocenters. The Morgan fingerprint density at radius 1 is 1.36 bits per heavy atom. The number of piperidine rings is 1. The first-order chi connectivity index (χ1) is 12.2. The molecule has 4 nitrogen and oxygen atoms in total. The lowest BCUT2D eigenvalue weighted by Crippen LogP contribution is -2.33. The van der Waals surface area contributed by atoms with E-state index in [4.69, 9.17) is 21.0 Å². The molecule has 0 N–H and O–H groups in total. The summed E-state index contributed by atoms with van der Waals surface area (Å²) in [5, 5.41) is 3.95. The lowest BCUT2D eigenvalue weighted by molar-refractivity contribution is 0.138. The Labute approximate surface area is 156 Å². The molecule has 3 heterocycles. The first-order valence-electron chi connectivity index (χ1n) is 8.56. The number of hydrogen-bond acceptors (Lipinski definition) is 5. The summed E-state index contributed by atoms with van der Waals surface area (Å²) >= 11 is 7.83. The third kappa shape index (κ3) is 3.64. The van der Waals surface area contributed by atoms with Crippen LogP contribution in [0, 0.1) is 6.92 Å². The van der Waals surface area contributed by atoms with E-state index in [9.17, 15) is 0 Å². The average Bonchev–Trinajstić information content (AvgIpc) is 3.26. The van der Waals surface area contributed by atoms with Crippen molar-refractivity contribution >= 4 is 22.9 Å². The second-order valence-corrected chi connectivity index (χ2v) is 7.75. The molecule has 0 amide bonds. The van der Waals surface area contributed by atoms with E-state index in [0.717, 1.165) is 36.5 Å². The van der Waals surface area contributed by atoms with Gasteiger partial charge in [-0.05, 0) is 44.5 Å². The molecule has 1 atom stereocenters. The summed E-state index contributed by atoms with van der Waals surface area (Å²) in [4.78, 5) is 11.8. The molecule has 1 aliphatic heterocycles. The number of halogens is 1. The molecule has 2 aromatic heterocycles. The standard InChI is InChI=1S/C19H20ClN3OS/c1-13-16(22-18(24-13)14-5-4-6-15(20)11-14)12-23-9-3-2-7-17(23)19-21-8-10-25-19/h4-6,8,10-11,17H,2-3,7,9,12H2,1H3/t17-/m1/s1. The minimum Gasteiger partial charge on any atom is -0.441 e. The van der Waals surface area contributed by atoms with E-state index < -0.39 is 0 Å². The summed E-state index contributed by atoms with van der Waals surface area (Å²) in [6, 6.07) is 8.02. The molecule has 1 aliphatic rings. The summed E-state index contributed by atoms with van der Waals surface area (Å²) in [6.07, 6.45) is 5.53. The van der Waals surface area contributed by atoms with Crippen molar-refractivity contribution in [2.45, 2.75) is 38.8 Å². The number of thiazole rings is 1. The van der Waals surface area contributed by atoms with Crippen molar-refractivity contribution in [1.29, 1.82) is 0 Å². The predicted molar refractivity (Wildman–Crippen MR) is 101 cm³/mol. The molecule has 25 heavy (non-hydrogen) atoms. The zero-order chi connectivity index (χ0) is 17.2. The largest absolute Gasteiger partial charge is 0.441 e. The summed E-state index contributed by atoms with van der Waals surface area (Å²) in [7, 11) is 0. The first-order valence-corrected chi connectivity index (χ1v) is 9.82. The van der Waals surface area contributed by atoms with Gasteiger partial charge >= 0.3 is 0 Å². The monoisotopic (exact) mass is 373 g/mol. The zero-order valence-electron chi connectivity index (χ0n) is 14.1. The molecule has 1 saturated heterocycles. The van der Waals surface area contributed by atoms with Gasteiger partial charge in [-0.1, -0.05) is 24.1 Å². The van der Waals surface area contributed by atoms with Crippen LogP contribution in [0.4, 0.5) is 0 Å². The van der Waals surface area contributed by atoms with E-state index in [2.05, 4.69) is 15.3 Å². The highest BCUT2D eigenvalue weighted by molar-refractivity contribution is 7.09. The molecule has 1 aromatic carbocycles. The Bertz CT molecular complexity index is 846. The number of oxazole rings is 1. The quantitative estimate of drug-likeness (QED) is 0.606. The maximum absolute atomic E-state index is 6.09. The number of aromatic nitrogens is 2. The Balaban J connectivity index is 1.57. The van der Waals surface area contributed by atoms with Crippen molar-refractivity contribution in [3.8, 4) is 11.5 Å². The SMILES string of the molecule is Cc1oc(-c2cccc(Cl)c2)nc1CN1CCCC[C@@H]1c1nccs1. The van der Waals surface area contributed by atoms with E-state index in [1.165, 1.54) is 17.8 Å². The van der Waals surface area contributed by atoms with Crippen LogP contribution >= 0.6 is 22.9 Å². The van der Waals surface area contributed by atoms with Crippen LogP contribution in [0.25, 0.3) is 11.5 Å². The fraction of sp³-hybridized carbons (Fsp3) is 0.368. The number of aryl methyl sites for hydroxylation is 1. The van der Waals surface area contributed by atoms with Gasteiger partial charge in [-0.15, -0.1) is 11.3 Å². The van der Waals surface area contributed by atoms with Gasteiger partial charge in [-0.2, -0.15) is 0 Å². The smallest absolute Gasteiger partial charge is 0.226 e. The van der Waals surface area contributed by atoms with Crippen LogP contribution in [-0.2, 0) is 6.54 Å². The molecule has 0 radical (unpaired) electrons. The van der Waals surface area contributed by atoms with Gasteiger partial charge < -0.3 is 4.42 Å². The van der Waals surface area contributed by atoms with Gasteiger partial charge in [0.05, 0.1) is 11.7 Å². The summed E-state index contributed by atoms with van der Waals surface area (Å²) in [5.41, 5.74) is 1.91. The lowest BCUT2D eigenvalue weighted by Gasteiger charge is -2.33. The Kier molecular flexibility index (Phi) is 4.88. The van der Waals surface area contributed by atoms with Crippen LogP contribution in [-0.4, -0.2) is 21.4 Å². The van der Waals surface area contributed by atoms with Crippen LogP contribution in [0.15, 0.2) is 40.3 Å². The van der Waals surface area contributed by atoms with Gasteiger partial charge in [0.15, 0.2) is 0 Å². The van der Waals surface area contributed by atoms with Crippen molar-refractivity contribution < 1.29 is 4.42 Å². The van der Waals surface area contributed by atoms with Crippen LogP contribution in [0.5, 0.6) is 0 Å². The van der Waals surface area contributed by atoms with Crippen LogP contribution in [0.2, 0.25) is 5.02 Å². The second kappa shape index (κ2) is 7.28. The van der Waals surface area contributed by atoms with Crippen molar-refractivity contribution in [3.05, 3.63) is 57.3 Å². The van der Waals surface area contributed by atoms with Crippen LogP contribution < -0.4 is 0 Å². The van der Waals surface area contributed by atoms with Gasteiger partial charge in [-0.25, -0.2) is 9.97 Å². The van der Waals surface area contributed by atoms with E-state index in [0.29, 0.717) is 17.0 Å². The number of benzene rings is 1. The van der Waals surface area contributed by atoms with E-state index >= 15 is 0 Å². The van der Waals surface area contributed by atoms with E-state index in [-0.39, 0.29) is 0 Å². The summed E-state index contributed by atoms with van der Waals surface area (Å²) in [6.45, 7) is 3.85. The van der Waals surface area contributed by atoms with Gasteiger partial charge in [0, 0.05) is 28.7 Å². The number of likely N-dealkylation sites (tertiary alicyclic amines) is 1. The lowest BCUT2D eigenvalue weighted by atomic mass is 10.0. The molecule has 0 bridgehead atoms. The van der Waals surface area contributed by atoms with Crippen LogP contribution in [0.1, 0.15) is 41.8 Å². The minimum absolute atomic E-state index is 0.388.